The molecular formula is C19H25NO3. The molecule has 4 nitrogen and oxygen atoms in total. The number of fused-ring (bicyclic) bond motifs is 1. The van der Waals surface area contributed by atoms with E-state index in [0.717, 1.165) is 35.7 Å². The molecule has 2 aromatic rings. The summed E-state index contributed by atoms with van der Waals surface area (Å²) in [6.45, 7) is 6.02. The number of rotatable bonds is 8. The van der Waals surface area contributed by atoms with Crippen LogP contribution in [0.2, 0.25) is 0 Å². The molecule has 0 saturated heterocycles. The monoisotopic (exact) mass is 315 g/mol. The van der Waals surface area contributed by atoms with E-state index in [2.05, 4.69) is 11.9 Å². The first-order valence-corrected chi connectivity index (χ1v) is 8.28. The predicted molar refractivity (Wildman–Crippen MR) is 91.7 cm³/mol. The Labute approximate surface area is 137 Å². The number of aromatic nitrogens is 1. The number of unbranched alkanes of at least 4 members (excludes halogenated alkanes) is 2. The van der Waals surface area contributed by atoms with Crippen molar-refractivity contribution in [2.24, 2.45) is 0 Å². The maximum Gasteiger partial charge on any atom is 0.344 e. The van der Waals surface area contributed by atoms with E-state index in [1.54, 1.807) is 6.20 Å². The van der Waals surface area contributed by atoms with E-state index in [4.69, 9.17) is 9.47 Å². The van der Waals surface area contributed by atoms with E-state index < -0.39 is 0 Å². The van der Waals surface area contributed by atoms with Crippen molar-refractivity contribution in [2.45, 2.75) is 52.6 Å². The topological polar surface area (TPSA) is 48.4 Å². The van der Waals surface area contributed by atoms with Crippen LogP contribution in [0, 0.1) is 6.92 Å². The summed E-state index contributed by atoms with van der Waals surface area (Å²) in [7, 11) is 0. The van der Waals surface area contributed by atoms with Gasteiger partial charge in [0.15, 0.2) is 6.61 Å². The van der Waals surface area contributed by atoms with Crippen molar-refractivity contribution in [3.8, 4) is 5.75 Å². The van der Waals surface area contributed by atoms with Gasteiger partial charge in [0.2, 0.25) is 0 Å². The van der Waals surface area contributed by atoms with Crippen LogP contribution in [0.15, 0.2) is 30.5 Å². The minimum absolute atomic E-state index is 0.0643. The summed E-state index contributed by atoms with van der Waals surface area (Å²) in [6.07, 6.45) is 5.97. The highest BCUT2D eigenvalue weighted by atomic mass is 16.6. The van der Waals surface area contributed by atoms with Gasteiger partial charge in [-0.25, -0.2) is 4.79 Å². The van der Waals surface area contributed by atoms with Crippen LogP contribution in [-0.2, 0) is 9.53 Å². The molecule has 0 saturated carbocycles. The number of carbonyl (C=O) groups is 1. The van der Waals surface area contributed by atoms with Gasteiger partial charge in [0.05, 0.1) is 6.10 Å². The van der Waals surface area contributed by atoms with E-state index in [0.29, 0.717) is 5.75 Å². The molecule has 0 radical (unpaired) electrons. The highest BCUT2D eigenvalue weighted by molar-refractivity contribution is 5.87. The van der Waals surface area contributed by atoms with Crippen LogP contribution >= 0.6 is 0 Å². The molecule has 124 valence electrons. The highest BCUT2D eigenvalue weighted by Gasteiger charge is 2.12. The zero-order valence-electron chi connectivity index (χ0n) is 14.2. The molecule has 0 spiro atoms. The molecule has 23 heavy (non-hydrogen) atoms. The normalized spacial score (nSPS) is 12.1. The summed E-state index contributed by atoms with van der Waals surface area (Å²) in [5, 5.41) is 1.03. The lowest BCUT2D eigenvalue weighted by molar-refractivity contribution is -0.150. The third-order valence-corrected chi connectivity index (χ3v) is 3.84. The molecule has 1 unspecified atom stereocenters. The first-order valence-electron chi connectivity index (χ1n) is 8.28. The number of nitrogens with zero attached hydrogens (tertiary/aromatic N) is 1. The van der Waals surface area contributed by atoms with Crippen LogP contribution in [0.3, 0.4) is 0 Å². The van der Waals surface area contributed by atoms with Crippen LogP contribution in [0.1, 0.15) is 45.1 Å². The largest absolute Gasteiger partial charge is 0.480 e. The van der Waals surface area contributed by atoms with Gasteiger partial charge in [-0.2, -0.15) is 0 Å². The van der Waals surface area contributed by atoms with Crippen LogP contribution in [0.4, 0.5) is 0 Å². The Hall–Kier alpha value is -2.10. The molecule has 0 aliphatic rings. The highest BCUT2D eigenvalue weighted by Crippen LogP contribution is 2.26. The van der Waals surface area contributed by atoms with Gasteiger partial charge in [0.25, 0.3) is 0 Å². The number of pyridine rings is 1. The van der Waals surface area contributed by atoms with Crippen LogP contribution in [0.5, 0.6) is 5.75 Å². The first-order chi connectivity index (χ1) is 11.1. The summed E-state index contributed by atoms with van der Waals surface area (Å²) < 4.78 is 11.0. The number of benzene rings is 1. The molecule has 1 aromatic heterocycles. The number of ether oxygens (including phenoxy) is 2. The molecule has 0 bridgehead atoms. The predicted octanol–water partition coefficient (Wildman–Crippen LogP) is 4.43. The molecule has 0 amide bonds. The molecular weight excluding hydrogens is 290 g/mol. The molecule has 1 aromatic carbocycles. The minimum atomic E-state index is -0.335. The van der Waals surface area contributed by atoms with Crippen molar-refractivity contribution in [2.75, 3.05) is 6.61 Å². The van der Waals surface area contributed by atoms with Crippen molar-refractivity contribution in [3.63, 3.8) is 0 Å². The molecule has 2 rings (SSSR count). The van der Waals surface area contributed by atoms with Gasteiger partial charge in [-0.15, -0.1) is 0 Å². The number of aryl methyl sites for hydroxylation is 1. The summed E-state index contributed by atoms with van der Waals surface area (Å²) in [4.78, 5) is 16.2. The Balaban J connectivity index is 1.91. The van der Waals surface area contributed by atoms with E-state index in [-0.39, 0.29) is 18.7 Å². The van der Waals surface area contributed by atoms with Gasteiger partial charge < -0.3 is 9.47 Å². The zero-order valence-corrected chi connectivity index (χ0v) is 14.2. The second kappa shape index (κ2) is 8.51. The van der Waals surface area contributed by atoms with E-state index in [1.807, 2.05) is 38.1 Å². The third-order valence-electron chi connectivity index (χ3n) is 3.84. The zero-order chi connectivity index (χ0) is 16.7. The average molecular weight is 315 g/mol. The Morgan fingerprint density at radius 3 is 2.87 bits per heavy atom. The van der Waals surface area contributed by atoms with Gasteiger partial charge in [0.1, 0.15) is 11.3 Å². The van der Waals surface area contributed by atoms with Gasteiger partial charge in [0, 0.05) is 11.6 Å². The van der Waals surface area contributed by atoms with Gasteiger partial charge in [-0.05, 0) is 44.4 Å². The number of hydrogen-bond acceptors (Lipinski definition) is 4. The lowest BCUT2D eigenvalue weighted by atomic mass is 10.1. The van der Waals surface area contributed by atoms with E-state index in [1.165, 1.54) is 6.42 Å². The van der Waals surface area contributed by atoms with Gasteiger partial charge >= 0.3 is 5.97 Å². The SMILES string of the molecule is CCCCCC(C)OC(=O)COc1ccc(C)c2cccnc12. The minimum Gasteiger partial charge on any atom is -0.480 e. The third kappa shape index (κ3) is 4.95. The number of esters is 1. The standard InChI is InChI=1S/C19H25NO3/c1-4-5-6-8-15(3)23-18(21)13-22-17-11-10-14(2)16-9-7-12-20-19(16)17/h7,9-12,15H,4-6,8,13H2,1-3H3. The second-order valence-corrected chi connectivity index (χ2v) is 5.87. The number of carbonyl (C=O) groups excluding carboxylic acids is 1. The summed E-state index contributed by atoms with van der Waals surface area (Å²) >= 11 is 0. The van der Waals surface area contributed by atoms with Crippen molar-refractivity contribution in [3.05, 3.63) is 36.0 Å². The van der Waals surface area contributed by atoms with Crippen LogP contribution in [0.25, 0.3) is 10.9 Å². The van der Waals surface area contributed by atoms with Gasteiger partial charge in [-0.3, -0.25) is 4.98 Å². The maximum atomic E-state index is 11.9. The smallest absolute Gasteiger partial charge is 0.344 e. The van der Waals surface area contributed by atoms with Crippen LogP contribution < -0.4 is 4.74 Å². The summed E-state index contributed by atoms with van der Waals surface area (Å²) in [5.41, 5.74) is 1.91. The molecule has 4 heteroatoms. The van der Waals surface area contributed by atoms with E-state index >= 15 is 0 Å². The lowest BCUT2D eigenvalue weighted by Crippen LogP contribution is -2.20. The average Bonchev–Trinajstić information content (AvgIpc) is 2.55. The van der Waals surface area contributed by atoms with Crippen molar-refractivity contribution in [1.29, 1.82) is 0 Å². The maximum absolute atomic E-state index is 11.9. The fraction of sp³-hybridized carbons (Fsp3) is 0.474. The van der Waals surface area contributed by atoms with Crippen molar-refractivity contribution >= 4 is 16.9 Å². The quantitative estimate of drug-likeness (QED) is 0.534. The first kappa shape index (κ1) is 17.3. The van der Waals surface area contributed by atoms with E-state index in [9.17, 15) is 4.79 Å². The Morgan fingerprint density at radius 2 is 2.09 bits per heavy atom. The number of hydrogen-bond donors (Lipinski definition) is 0. The van der Waals surface area contributed by atoms with Crippen molar-refractivity contribution in [1.82, 2.24) is 4.98 Å². The molecule has 1 heterocycles. The second-order valence-electron chi connectivity index (χ2n) is 5.87. The summed E-state index contributed by atoms with van der Waals surface area (Å²) in [5.74, 6) is 0.278. The molecule has 0 aliphatic heterocycles. The van der Waals surface area contributed by atoms with Gasteiger partial charge in [-0.1, -0.05) is 31.9 Å². The molecule has 0 fully saturated rings. The Kier molecular flexibility index (Phi) is 6.39. The molecule has 0 aliphatic carbocycles. The Morgan fingerprint density at radius 1 is 1.26 bits per heavy atom. The molecule has 0 N–H and O–H groups in total. The fourth-order valence-electron chi connectivity index (χ4n) is 2.54. The Bertz CT molecular complexity index is 654. The summed E-state index contributed by atoms with van der Waals surface area (Å²) in [6, 6.07) is 7.71. The lowest BCUT2D eigenvalue weighted by Gasteiger charge is -2.14. The fourth-order valence-corrected chi connectivity index (χ4v) is 2.54. The van der Waals surface area contributed by atoms with Crippen molar-refractivity contribution < 1.29 is 14.3 Å². The van der Waals surface area contributed by atoms with Crippen LogP contribution in [-0.4, -0.2) is 23.7 Å². The molecule has 1 atom stereocenters.